The predicted octanol–water partition coefficient (Wildman–Crippen LogP) is 4.78. The van der Waals surface area contributed by atoms with Gasteiger partial charge in [0.15, 0.2) is 0 Å². The van der Waals surface area contributed by atoms with E-state index in [1.807, 2.05) is 12.1 Å². The molecule has 0 saturated heterocycles. The third-order valence-corrected chi connectivity index (χ3v) is 4.78. The molecule has 0 radical (unpaired) electrons. The normalized spacial score (nSPS) is 29.3. The van der Waals surface area contributed by atoms with E-state index in [4.69, 9.17) is 23.2 Å². The summed E-state index contributed by atoms with van der Waals surface area (Å²) in [6.45, 7) is 2.21. The molecular weight excluding hydrogens is 255 g/mol. The van der Waals surface area contributed by atoms with Crippen LogP contribution in [0.3, 0.4) is 0 Å². The van der Waals surface area contributed by atoms with E-state index in [1.54, 1.807) is 6.07 Å². The fourth-order valence-corrected chi connectivity index (χ4v) is 3.17. The van der Waals surface area contributed by atoms with E-state index < -0.39 is 5.60 Å². The monoisotopic (exact) mass is 272 g/mol. The zero-order valence-corrected chi connectivity index (χ0v) is 11.6. The summed E-state index contributed by atoms with van der Waals surface area (Å²) >= 11 is 12.2. The van der Waals surface area contributed by atoms with E-state index in [2.05, 4.69) is 6.92 Å². The molecule has 1 saturated carbocycles. The molecule has 2 rings (SSSR count). The Morgan fingerprint density at radius 2 is 1.94 bits per heavy atom. The first-order valence-electron chi connectivity index (χ1n) is 6.23. The molecule has 17 heavy (non-hydrogen) atoms. The Morgan fingerprint density at radius 1 is 1.29 bits per heavy atom. The highest BCUT2D eigenvalue weighted by molar-refractivity contribution is 6.42. The van der Waals surface area contributed by atoms with Crippen LogP contribution in [-0.4, -0.2) is 5.11 Å². The van der Waals surface area contributed by atoms with Crippen molar-refractivity contribution in [2.24, 2.45) is 5.92 Å². The second-order valence-corrected chi connectivity index (χ2v) is 5.77. The van der Waals surface area contributed by atoms with Gasteiger partial charge < -0.3 is 5.11 Å². The van der Waals surface area contributed by atoms with E-state index >= 15 is 0 Å². The SMILES string of the molecule is CCC1CCC(O)(c2cccc(Cl)c2Cl)CC1. The highest BCUT2D eigenvalue weighted by Crippen LogP contribution is 2.44. The van der Waals surface area contributed by atoms with Crippen molar-refractivity contribution in [1.29, 1.82) is 0 Å². The molecule has 1 N–H and O–H groups in total. The summed E-state index contributed by atoms with van der Waals surface area (Å²) < 4.78 is 0. The van der Waals surface area contributed by atoms with Gasteiger partial charge in [-0.1, -0.05) is 48.7 Å². The van der Waals surface area contributed by atoms with E-state index in [0.717, 1.165) is 37.2 Å². The van der Waals surface area contributed by atoms with Gasteiger partial charge >= 0.3 is 0 Å². The zero-order valence-electron chi connectivity index (χ0n) is 10.0. The third-order valence-electron chi connectivity index (χ3n) is 3.96. The Morgan fingerprint density at radius 3 is 2.53 bits per heavy atom. The average molecular weight is 273 g/mol. The van der Waals surface area contributed by atoms with Crippen LogP contribution < -0.4 is 0 Å². The van der Waals surface area contributed by atoms with Crippen LogP contribution in [0.5, 0.6) is 0 Å². The van der Waals surface area contributed by atoms with Crippen molar-refractivity contribution in [2.75, 3.05) is 0 Å². The van der Waals surface area contributed by atoms with Crippen LogP contribution in [-0.2, 0) is 5.60 Å². The van der Waals surface area contributed by atoms with Gasteiger partial charge in [0.25, 0.3) is 0 Å². The molecule has 1 aromatic carbocycles. The topological polar surface area (TPSA) is 20.2 Å². The zero-order chi connectivity index (χ0) is 12.5. The molecule has 1 aliphatic carbocycles. The van der Waals surface area contributed by atoms with E-state index in [0.29, 0.717) is 10.0 Å². The van der Waals surface area contributed by atoms with Gasteiger partial charge in [0.05, 0.1) is 15.6 Å². The quantitative estimate of drug-likeness (QED) is 0.822. The second kappa shape index (κ2) is 5.17. The van der Waals surface area contributed by atoms with Crippen LogP contribution in [0.15, 0.2) is 18.2 Å². The summed E-state index contributed by atoms with van der Waals surface area (Å²) in [5.74, 6) is 0.744. The summed E-state index contributed by atoms with van der Waals surface area (Å²) in [4.78, 5) is 0. The molecular formula is C14H18Cl2O. The van der Waals surface area contributed by atoms with Crippen molar-refractivity contribution < 1.29 is 5.11 Å². The van der Waals surface area contributed by atoms with Crippen LogP contribution in [0.2, 0.25) is 10.0 Å². The Bertz CT molecular complexity index is 395. The number of aliphatic hydroxyl groups is 1. The minimum absolute atomic E-state index is 0.506. The molecule has 0 unspecified atom stereocenters. The lowest BCUT2D eigenvalue weighted by Crippen LogP contribution is -2.31. The smallest absolute Gasteiger partial charge is 0.0911 e. The van der Waals surface area contributed by atoms with Crippen LogP contribution in [0, 0.1) is 5.92 Å². The van der Waals surface area contributed by atoms with Crippen LogP contribution in [0.1, 0.15) is 44.6 Å². The van der Waals surface area contributed by atoms with Crippen molar-refractivity contribution in [2.45, 2.75) is 44.6 Å². The highest BCUT2D eigenvalue weighted by Gasteiger charge is 2.36. The summed E-state index contributed by atoms with van der Waals surface area (Å²) in [5.41, 5.74) is 0.00872. The third kappa shape index (κ3) is 2.62. The van der Waals surface area contributed by atoms with Crippen molar-refractivity contribution in [1.82, 2.24) is 0 Å². The van der Waals surface area contributed by atoms with Crippen LogP contribution >= 0.6 is 23.2 Å². The van der Waals surface area contributed by atoms with Crippen molar-refractivity contribution in [3.8, 4) is 0 Å². The lowest BCUT2D eigenvalue weighted by molar-refractivity contribution is -0.0144. The molecule has 0 spiro atoms. The number of hydrogen-bond donors (Lipinski definition) is 1. The minimum Gasteiger partial charge on any atom is -0.385 e. The van der Waals surface area contributed by atoms with Gasteiger partial charge in [-0.2, -0.15) is 0 Å². The Hall–Kier alpha value is -0.240. The number of hydrogen-bond acceptors (Lipinski definition) is 1. The fraction of sp³-hybridized carbons (Fsp3) is 0.571. The maximum atomic E-state index is 10.7. The van der Waals surface area contributed by atoms with Gasteiger partial charge in [-0.15, -0.1) is 0 Å². The predicted molar refractivity (Wildman–Crippen MR) is 72.6 cm³/mol. The number of halogens is 2. The first-order chi connectivity index (χ1) is 8.07. The van der Waals surface area contributed by atoms with Crippen LogP contribution in [0.4, 0.5) is 0 Å². The number of rotatable bonds is 2. The van der Waals surface area contributed by atoms with E-state index in [-0.39, 0.29) is 0 Å². The fourth-order valence-electron chi connectivity index (χ4n) is 2.70. The molecule has 1 nitrogen and oxygen atoms in total. The second-order valence-electron chi connectivity index (χ2n) is 4.98. The van der Waals surface area contributed by atoms with Gasteiger partial charge in [0, 0.05) is 5.56 Å². The molecule has 0 atom stereocenters. The lowest BCUT2D eigenvalue weighted by Gasteiger charge is -2.36. The Kier molecular flexibility index (Phi) is 4.02. The molecule has 0 heterocycles. The largest absolute Gasteiger partial charge is 0.385 e. The van der Waals surface area contributed by atoms with Crippen molar-refractivity contribution in [3.63, 3.8) is 0 Å². The van der Waals surface area contributed by atoms with Gasteiger partial charge in [-0.25, -0.2) is 0 Å². The summed E-state index contributed by atoms with van der Waals surface area (Å²) in [6, 6.07) is 5.50. The van der Waals surface area contributed by atoms with Crippen molar-refractivity contribution >= 4 is 23.2 Å². The van der Waals surface area contributed by atoms with Gasteiger partial charge in [-0.05, 0) is 37.7 Å². The lowest BCUT2D eigenvalue weighted by atomic mass is 9.74. The van der Waals surface area contributed by atoms with E-state index in [9.17, 15) is 5.11 Å². The number of benzene rings is 1. The summed E-state index contributed by atoms with van der Waals surface area (Å²) in [7, 11) is 0. The summed E-state index contributed by atoms with van der Waals surface area (Å²) in [5, 5.41) is 11.7. The first-order valence-corrected chi connectivity index (χ1v) is 6.99. The maximum Gasteiger partial charge on any atom is 0.0911 e. The molecule has 3 heteroatoms. The molecule has 1 aromatic rings. The molecule has 0 aliphatic heterocycles. The average Bonchev–Trinajstić information content (AvgIpc) is 2.33. The van der Waals surface area contributed by atoms with Crippen LogP contribution in [0.25, 0.3) is 0 Å². The molecule has 0 bridgehead atoms. The Labute approximate surface area is 113 Å². The van der Waals surface area contributed by atoms with Crippen molar-refractivity contribution in [3.05, 3.63) is 33.8 Å². The molecule has 1 aliphatic rings. The first kappa shape index (κ1) is 13.2. The van der Waals surface area contributed by atoms with Gasteiger partial charge in [-0.3, -0.25) is 0 Å². The standard InChI is InChI=1S/C14H18Cl2O/c1-2-10-6-8-14(17,9-7-10)11-4-3-5-12(15)13(11)16/h3-5,10,17H,2,6-9H2,1H3. The molecule has 0 aromatic heterocycles. The maximum absolute atomic E-state index is 10.7. The summed E-state index contributed by atoms with van der Waals surface area (Å²) in [6.07, 6.45) is 4.89. The molecule has 94 valence electrons. The minimum atomic E-state index is -0.784. The highest BCUT2D eigenvalue weighted by atomic mass is 35.5. The van der Waals surface area contributed by atoms with E-state index in [1.165, 1.54) is 6.42 Å². The van der Waals surface area contributed by atoms with Gasteiger partial charge in [0.2, 0.25) is 0 Å². The molecule has 0 amide bonds. The van der Waals surface area contributed by atoms with Gasteiger partial charge in [0.1, 0.15) is 0 Å². The molecule has 1 fully saturated rings. The Balaban J connectivity index is 2.24.